The zero-order chi connectivity index (χ0) is 24.0. The lowest BCUT2D eigenvalue weighted by Crippen LogP contribution is -2.55. The SMILES string of the molecule is CC(F)(F)c1cc(C(c2ccc(C(=O)O)cc2)(C(F)(F)F)C(F)(F)F)ccc1C(=O)O. The third kappa shape index (κ3) is 4.06. The van der Waals surface area contributed by atoms with Crippen LogP contribution in [-0.4, -0.2) is 34.5 Å². The first kappa shape index (κ1) is 24.1. The van der Waals surface area contributed by atoms with Gasteiger partial charge in [-0.2, -0.15) is 26.3 Å². The quantitative estimate of drug-likeness (QED) is 0.574. The summed E-state index contributed by atoms with van der Waals surface area (Å²) in [5.74, 6) is -7.67. The van der Waals surface area contributed by atoms with Gasteiger partial charge in [-0.25, -0.2) is 18.4 Å². The van der Waals surface area contributed by atoms with Crippen molar-refractivity contribution >= 4 is 11.9 Å². The molecule has 0 aliphatic heterocycles. The molecule has 0 fully saturated rings. The first-order valence-corrected chi connectivity index (χ1v) is 8.18. The second kappa shape index (κ2) is 7.50. The summed E-state index contributed by atoms with van der Waals surface area (Å²) >= 11 is 0. The molecule has 0 amide bonds. The predicted molar refractivity (Wildman–Crippen MR) is 89.3 cm³/mol. The van der Waals surface area contributed by atoms with Crippen LogP contribution in [0.3, 0.4) is 0 Å². The van der Waals surface area contributed by atoms with Crippen LogP contribution in [0.1, 0.15) is 44.3 Å². The summed E-state index contributed by atoms with van der Waals surface area (Å²) in [5, 5.41) is 17.8. The van der Waals surface area contributed by atoms with Crippen molar-refractivity contribution < 1.29 is 54.9 Å². The van der Waals surface area contributed by atoms with Crippen LogP contribution in [-0.2, 0) is 11.3 Å². The van der Waals surface area contributed by atoms with Crippen LogP contribution >= 0.6 is 0 Å². The fourth-order valence-electron chi connectivity index (χ4n) is 3.17. The predicted octanol–water partition coefficient (Wildman–Crippen LogP) is 5.61. The Hall–Kier alpha value is -3.18. The minimum atomic E-state index is -6.12. The van der Waals surface area contributed by atoms with E-state index >= 15 is 0 Å². The molecule has 2 aromatic carbocycles. The van der Waals surface area contributed by atoms with Crippen molar-refractivity contribution in [3.8, 4) is 0 Å². The molecule has 0 aromatic heterocycles. The molecule has 0 atom stereocenters. The van der Waals surface area contributed by atoms with Gasteiger partial charge in [0.15, 0.2) is 0 Å². The van der Waals surface area contributed by atoms with Crippen molar-refractivity contribution in [2.75, 3.05) is 0 Å². The topological polar surface area (TPSA) is 74.6 Å². The second-order valence-electron chi connectivity index (χ2n) is 6.58. The summed E-state index contributed by atoms with van der Waals surface area (Å²) < 4.78 is 112. The van der Waals surface area contributed by atoms with Crippen LogP contribution in [0, 0.1) is 0 Å². The van der Waals surface area contributed by atoms with Gasteiger partial charge in [0, 0.05) is 12.5 Å². The lowest BCUT2D eigenvalue weighted by molar-refractivity contribution is -0.288. The Morgan fingerprint density at radius 1 is 0.710 bits per heavy atom. The van der Waals surface area contributed by atoms with E-state index in [1.807, 2.05) is 0 Å². The van der Waals surface area contributed by atoms with E-state index in [1.54, 1.807) is 0 Å². The second-order valence-corrected chi connectivity index (χ2v) is 6.58. The van der Waals surface area contributed by atoms with Crippen molar-refractivity contribution in [1.82, 2.24) is 0 Å². The van der Waals surface area contributed by atoms with Crippen molar-refractivity contribution in [1.29, 1.82) is 0 Å². The Kier molecular flexibility index (Phi) is 5.83. The molecule has 0 saturated heterocycles. The van der Waals surface area contributed by atoms with Gasteiger partial charge in [-0.15, -0.1) is 0 Å². The molecule has 2 N–H and O–H groups in total. The molecular formula is C19H12F8O4. The third-order valence-corrected chi connectivity index (χ3v) is 4.57. The highest BCUT2D eigenvalue weighted by Crippen LogP contribution is 2.56. The number of carboxylic acids is 2. The number of carbonyl (C=O) groups is 2. The van der Waals surface area contributed by atoms with Crippen molar-refractivity contribution in [3.63, 3.8) is 0 Å². The van der Waals surface area contributed by atoms with Gasteiger partial charge < -0.3 is 10.2 Å². The van der Waals surface area contributed by atoms with Crippen LogP contribution in [0.2, 0.25) is 0 Å². The van der Waals surface area contributed by atoms with Gasteiger partial charge >= 0.3 is 24.3 Å². The molecular weight excluding hydrogens is 444 g/mol. The molecule has 0 heterocycles. The molecule has 2 aromatic rings. The van der Waals surface area contributed by atoms with Gasteiger partial charge in [-0.3, -0.25) is 0 Å². The fourth-order valence-corrected chi connectivity index (χ4v) is 3.17. The number of halogens is 8. The molecule has 31 heavy (non-hydrogen) atoms. The smallest absolute Gasteiger partial charge is 0.411 e. The molecule has 0 aliphatic carbocycles. The molecule has 2 rings (SSSR count). The van der Waals surface area contributed by atoms with Crippen molar-refractivity contribution in [3.05, 3.63) is 70.3 Å². The minimum Gasteiger partial charge on any atom is -0.478 e. The van der Waals surface area contributed by atoms with E-state index in [9.17, 15) is 44.7 Å². The van der Waals surface area contributed by atoms with Gasteiger partial charge in [0.2, 0.25) is 5.41 Å². The van der Waals surface area contributed by atoms with Gasteiger partial charge in [-0.1, -0.05) is 18.2 Å². The zero-order valence-electron chi connectivity index (χ0n) is 15.3. The summed E-state index contributed by atoms with van der Waals surface area (Å²) in [4.78, 5) is 22.1. The van der Waals surface area contributed by atoms with E-state index in [2.05, 4.69) is 0 Å². The average Bonchev–Trinajstić information content (AvgIpc) is 2.59. The molecule has 4 nitrogen and oxygen atoms in total. The summed E-state index contributed by atoms with van der Waals surface area (Å²) in [6.45, 7) is 0.128. The highest BCUT2D eigenvalue weighted by molar-refractivity contribution is 5.90. The maximum Gasteiger partial charge on any atom is 0.411 e. The number of carboxylic acid groups (broad SMARTS) is 2. The first-order valence-electron chi connectivity index (χ1n) is 8.18. The number of hydrogen-bond donors (Lipinski definition) is 2. The number of alkyl halides is 8. The lowest BCUT2D eigenvalue weighted by Gasteiger charge is -2.38. The maximum atomic E-state index is 14.0. The van der Waals surface area contributed by atoms with E-state index in [0.29, 0.717) is 12.1 Å². The van der Waals surface area contributed by atoms with Crippen LogP contribution < -0.4 is 0 Å². The number of rotatable bonds is 5. The fraction of sp³-hybridized carbons (Fsp3) is 0.263. The maximum absolute atomic E-state index is 14.0. The van der Waals surface area contributed by atoms with Crippen LogP contribution in [0.5, 0.6) is 0 Å². The van der Waals surface area contributed by atoms with E-state index < -0.39 is 63.4 Å². The van der Waals surface area contributed by atoms with Gasteiger partial charge in [0.25, 0.3) is 5.92 Å². The summed E-state index contributed by atoms with van der Waals surface area (Å²) in [5.41, 5.74) is -11.3. The summed E-state index contributed by atoms with van der Waals surface area (Å²) in [6, 6.07) is 1.82. The van der Waals surface area contributed by atoms with Crippen LogP contribution in [0.25, 0.3) is 0 Å². The first-order chi connectivity index (χ1) is 13.9. The molecule has 12 heteroatoms. The monoisotopic (exact) mass is 456 g/mol. The molecule has 0 bridgehead atoms. The van der Waals surface area contributed by atoms with Crippen LogP contribution in [0.15, 0.2) is 42.5 Å². The third-order valence-electron chi connectivity index (χ3n) is 4.57. The minimum absolute atomic E-state index is 0.128. The highest BCUT2D eigenvalue weighted by atomic mass is 19.4. The standard InChI is InChI=1S/C19H12F8O4/c1-16(20,21)13-8-11(6-7-12(13)15(30)31)17(18(22,23)24,19(25,26)27)10-4-2-9(3-5-10)14(28)29/h2-8H,1H3,(H,28,29)(H,30,31). The van der Waals surface area contributed by atoms with Gasteiger partial charge in [-0.05, 0) is 35.4 Å². The molecule has 0 unspecified atom stereocenters. The lowest BCUT2D eigenvalue weighted by atomic mass is 9.72. The molecule has 168 valence electrons. The normalized spacial score (nSPS) is 13.2. The number of aromatic carboxylic acids is 2. The Bertz CT molecular complexity index is 988. The Balaban J connectivity index is 2.99. The number of benzene rings is 2. The Labute approximate surface area is 168 Å². The van der Waals surface area contributed by atoms with E-state index in [0.717, 1.165) is 0 Å². The van der Waals surface area contributed by atoms with Crippen LogP contribution in [0.4, 0.5) is 35.1 Å². The Morgan fingerprint density at radius 2 is 1.16 bits per heavy atom. The largest absolute Gasteiger partial charge is 0.478 e. The molecule has 0 radical (unpaired) electrons. The average molecular weight is 456 g/mol. The zero-order valence-corrected chi connectivity index (χ0v) is 15.3. The summed E-state index contributed by atoms with van der Waals surface area (Å²) in [6.07, 6.45) is -12.2. The highest BCUT2D eigenvalue weighted by Gasteiger charge is 2.72. The Morgan fingerprint density at radius 3 is 1.52 bits per heavy atom. The van der Waals surface area contributed by atoms with Gasteiger partial charge in [0.05, 0.1) is 11.1 Å². The van der Waals surface area contributed by atoms with Crippen molar-refractivity contribution in [2.45, 2.75) is 30.6 Å². The number of hydrogen-bond acceptors (Lipinski definition) is 2. The molecule has 0 aliphatic rings. The van der Waals surface area contributed by atoms with Crippen molar-refractivity contribution in [2.24, 2.45) is 0 Å². The van der Waals surface area contributed by atoms with E-state index in [4.69, 9.17) is 10.2 Å². The summed E-state index contributed by atoms with van der Waals surface area (Å²) in [7, 11) is 0. The van der Waals surface area contributed by atoms with E-state index in [1.165, 1.54) is 0 Å². The molecule has 0 saturated carbocycles. The van der Waals surface area contributed by atoms with E-state index in [-0.39, 0.29) is 37.3 Å². The van der Waals surface area contributed by atoms with Gasteiger partial charge in [0.1, 0.15) is 0 Å². The molecule has 0 spiro atoms.